The first-order valence-corrected chi connectivity index (χ1v) is 10.2. The van der Waals surface area contributed by atoms with Gasteiger partial charge in [0.25, 0.3) is 11.7 Å². The molecule has 1 amide bonds. The van der Waals surface area contributed by atoms with E-state index in [9.17, 15) is 14.7 Å². The lowest BCUT2D eigenvalue weighted by Crippen LogP contribution is -2.30. The molecule has 1 aliphatic rings. The molecule has 1 aromatic heterocycles. The maximum atomic E-state index is 13.0. The number of hydrogen-bond acceptors (Lipinski definition) is 4. The molecule has 2 heterocycles. The van der Waals surface area contributed by atoms with Gasteiger partial charge in [0.05, 0.1) is 11.6 Å². The highest BCUT2D eigenvalue weighted by Gasteiger charge is 2.46. The SMILES string of the molecule is CCCN1C(=O)C(=O)/C(=C(/O)c2cccc3ccccc23)C1c1sccc1C. The highest BCUT2D eigenvalue weighted by molar-refractivity contribution is 7.10. The second-order valence-corrected chi connectivity index (χ2v) is 7.93. The molecule has 1 saturated heterocycles. The van der Waals surface area contributed by atoms with Crippen molar-refractivity contribution in [1.29, 1.82) is 0 Å². The Labute approximate surface area is 167 Å². The zero-order valence-electron chi connectivity index (χ0n) is 15.8. The van der Waals surface area contributed by atoms with E-state index in [0.29, 0.717) is 12.1 Å². The third-order valence-corrected chi connectivity index (χ3v) is 6.27. The molecule has 2 aromatic carbocycles. The molecule has 1 aliphatic heterocycles. The number of hydrogen-bond donors (Lipinski definition) is 1. The van der Waals surface area contributed by atoms with E-state index in [1.54, 1.807) is 11.0 Å². The summed E-state index contributed by atoms with van der Waals surface area (Å²) >= 11 is 1.51. The lowest BCUT2D eigenvalue weighted by atomic mass is 9.95. The summed E-state index contributed by atoms with van der Waals surface area (Å²) in [5.74, 6) is -1.26. The van der Waals surface area contributed by atoms with Crippen LogP contribution in [0.25, 0.3) is 16.5 Å². The van der Waals surface area contributed by atoms with Gasteiger partial charge in [-0.05, 0) is 41.1 Å². The first-order chi connectivity index (χ1) is 13.5. The molecule has 1 N–H and O–H groups in total. The number of aryl methyl sites for hydroxylation is 1. The van der Waals surface area contributed by atoms with Crippen LogP contribution in [0.4, 0.5) is 0 Å². The summed E-state index contributed by atoms with van der Waals surface area (Å²) in [7, 11) is 0. The first-order valence-electron chi connectivity index (χ1n) is 9.35. The number of fused-ring (bicyclic) bond motifs is 1. The molecule has 142 valence electrons. The summed E-state index contributed by atoms with van der Waals surface area (Å²) in [6, 6.07) is 14.7. The van der Waals surface area contributed by atoms with E-state index in [4.69, 9.17) is 0 Å². The van der Waals surface area contributed by atoms with E-state index < -0.39 is 17.7 Å². The molecule has 4 nitrogen and oxygen atoms in total. The van der Waals surface area contributed by atoms with Gasteiger partial charge in [-0.3, -0.25) is 9.59 Å². The molecule has 1 atom stereocenters. The number of carbonyl (C=O) groups excluding carboxylic acids is 2. The molecule has 1 fully saturated rings. The lowest BCUT2D eigenvalue weighted by Gasteiger charge is -2.24. The van der Waals surface area contributed by atoms with Gasteiger partial charge in [0.1, 0.15) is 5.76 Å². The van der Waals surface area contributed by atoms with Crippen molar-refractivity contribution in [3.05, 3.63) is 75.5 Å². The van der Waals surface area contributed by atoms with Crippen LogP contribution in [0.2, 0.25) is 0 Å². The highest BCUT2D eigenvalue weighted by Crippen LogP contribution is 2.43. The number of rotatable bonds is 4. The molecule has 0 spiro atoms. The fraction of sp³-hybridized carbons (Fsp3) is 0.217. The lowest BCUT2D eigenvalue weighted by molar-refractivity contribution is -0.139. The van der Waals surface area contributed by atoms with Crippen LogP contribution in [-0.4, -0.2) is 28.2 Å². The van der Waals surface area contributed by atoms with Crippen molar-refractivity contribution >= 4 is 39.6 Å². The number of amides is 1. The van der Waals surface area contributed by atoms with Crippen molar-refractivity contribution in [3.63, 3.8) is 0 Å². The molecule has 0 aliphatic carbocycles. The first kappa shape index (κ1) is 18.4. The van der Waals surface area contributed by atoms with Crippen molar-refractivity contribution in [1.82, 2.24) is 4.90 Å². The largest absolute Gasteiger partial charge is 0.507 e. The summed E-state index contributed by atoms with van der Waals surface area (Å²) in [6.45, 7) is 4.41. The van der Waals surface area contributed by atoms with E-state index in [0.717, 1.165) is 27.6 Å². The minimum absolute atomic E-state index is 0.105. The summed E-state index contributed by atoms with van der Waals surface area (Å²) in [5.41, 5.74) is 1.77. The Morgan fingerprint density at radius 3 is 2.57 bits per heavy atom. The summed E-state index contributed by atoms with van der Waals surface area (Å²) < 4.78 is 0. The van der Waals surface area contributed by atoms with Gasteiger partial charge in [-0.25, -0.2) is 0 Å². The third-order valence-electron chi connectivity index (χ3n) is 5.20. The quantitative estimate of drug-likeness (QED) is 0.385. The summed E-state index contributed by atoms with van der Waals surface area (Å²) in [5, 5.41) is 15.0. The number of Topliss-reactive ketones (excluding diaryl/α,β-unsaturated/α-hetero) is 1. The van der Waals surface area contributed by atoms with Gasteiger partial charge < -0.3 is 10.0 Å². The molecule has 0 bridgehead atoms. The standard InChI is InChI=1S/C23H21NO3S/c1-3-12-24-19(22-14(2)11-13-28-22)18(21(26)23(24)27)20(25)17-10-6-8-15-7-4-5-9-16(15)17/h4-11,13,19,25H,3,12H2,1-2H3/b20-18+. The topological polar surface area (TPSA) is 57.6 Å². The molecular formula is C23H21NO3S. The van der Waals surface area contributed by atoms with E-state index in [1.807, 2.05) is 61.7 Å². The Morgan fingerprint density at radius 2 is 1.86 bits per heavy atom. The Kier molecular flexibility index (Phi) is 4.77. The fourth-order valence-electron chi connectivity index (χ4n) is 3.87. The average Bonchev–Trinajstić information content (AvgIpc) is 3.23. The number of aliphatic hydroxyl groups excluding tert-OH is 1. The van der Waals surface area contributed by atoms with Crippen LogP contribution in [0, 0.1) is 6.92 Å². The third kappa shape index (κ3) is 2.83. The summed E-state index contributed by atoms with van der Waals surface area (Å²) in [6.07, 6.45) is 0.738. The van der Waals surface area contributed by atoms with Crippen LogP contribution in [0.3, 0.4) is 0 Å². The van der Waals surface area contributed by atoms with Crippen molar-refractivity contribution in [2.24, 2.45) is 0 Å². The molecule has 5 heteroatoms. The summed E-state index contributed by atoms with van der Waals surface area (Å²) in [4.78, 5) is 28.2. The van der Waals surface area contributed by atoms with Gasteiger partial charge in [0, 0.05) is 17.0 Å². The van der Waals surface area contributed by atoms with Crippen LogP contribution in [-0.2, 0) is 9.59 Å². The Balaban J connectivity index is 1.97. The maximum Gasteiger partial charge on any atom is 0.295 e. The minimum Gasteiger partial charge on any atom is -0.507 e. The number of aliphatic hydroxyl groups is 1. The number of carbonyl (C=O) groups is 2. The number of thiophene rings is 1. The van der Waals surface area contributed by atoms with Crippen molar-refractivity contribution < 1.29 is 14.7 Å². The Hall–Kier alpha value is -2.92. The molecule has 0 saturated carbocycles. The minimum atomic E-state index is -0.614. The van der Waals surface area contributed by atoms with Crippen molar-refractivity contribution in [2.45, 2.75) is 26.3 Å². The van der Waals surface area contributed by atoms with Gasteiger partial charge in [-0.2, -0.15) is 0 Å². The van der Waals surface area contributed by atoms with Crippen molar-refractivity contribution in [2.75, 3.05) is 6.54 Å². The zero-order chi connectivity index (χ0) is 19.8. The number of nitrogens with zero attached hydrogens (tertiary/aromatic N) is 1. The Bertz CT molecular complexity index is 1110. The molecule has 0 radical (unpaired) electrons. The van der Waals surface area contributed by atoms with Crippen molar-refractivity contribution in [3.8, 4) is 0 Å². The fourth-order valence-corrected chi connectivity index (χ4v) is 4.91. The monoisotopic (exact) mass is 391 g/mol. The van der Waals surface area contributed by atoms with Crippen LogP contribution in [0.1, 0.15) is 35.4 Å². The van der Waals surface area contributed by atoms with E-state index >= 15 is 0 Å². The normalized spacial score (nSPS) is 18.9. The van der Waals surface area contributed by atoms with Crippen LogP contribution >= 0.6 is 11.3 Å². The molecule has 28 heavy (non-hydrogen) atoms. The molecule has 3 aromatic rings. The predicted octanol–water partition coefficient (Wildman–Crippen LogP) is 5.04. The predicted molar refractivity (Wildman–Crippen MR) is 112 cm³/mol. The van der Waals surface area contributed by atoms with Crippen LogP contribution in [0.5, 0.6) is 0 Å². The van der Waals surface area contributed by atoms with Gasteiger partial charge >= 0.3 is 0 Å². The van der Waals surface area contributed by atoms with Crippen LogP contribution < -0.4 is 0 Å². The van der Waals surface area contributed by atoms with Gasteiger partial charge in [-0.15, -0.1) is 11.3 Å². The van der Waals surface area contributed by atoms with Gasteiger partial charge in [0.15, 0.2) is 0 Å². The Morgan fingerprint density at radius 1 is 1.11 bits per heavy atom. The average molecular weight is 391 g/mol. The van der Waals surface area contributed by atoms with E-state index in [2.05, 4.69) is 0 Å². The second-order valence-electron chi connectivity index (χ2n) is 6.99. The number of ketones is 1. The van der Waals surface area contributed by atoms with E-state index in [-0.39, 0.29) is 11.3 Å². The molecular weight excluding hydrogens is 370 g/mol. The van der Waals surface area contributed by atoms with E-state index in [1.165, 1.54) is 11.3 Å². The maximum absolute atomic E-state index is 13.0. The molecule has 4 rings (SSSR count). The smallest absolute Gasteiger partial charge is 0.295 e. The number of likely N-dealkylation sites (tertiary alicyclic amines) is 1. The molecule has 1 unspecified atom stereocenters. The van der Waals surface area contributed by atoms with Gasteiger partial charge in [0.2, 0.25) is 0 Å². The zero-order valence-corrected chi connectivity index (χ0v) is 16.6. The highest BCUT2D eigenvalue weighted by atomic mass is 32.1. The van der Waals surface area contributed by atoms with Gasteiger partial charge in [-0.1, -0.05) is 49.4 Å². The second kappa shape index (κ2) is 7.24. The van der Waals surface area contributed by atoms with Crippen LogP contribution in [0.15, 0.2) is 59.5 Å². The number of benzene rings is 2.